The Balaban J connectivity index is 0.000000441. The minimum atomic E-state index is -1.05. The van der Waals surface area contributed by atoms with Gasteiger partial charge >= 0.3 is 5.97 Å². The fraction of sp³-hybridized carbons (Fsp3) is 0.417. The van der Waals surface area contributed by atoms with Crippen LogP contribution in [0.4, 0.5) is 0 Å². The average molecular weight is 326 g/mol. The molecule has 0 heterocycles. The van der Waals surface area contributed by atoms with Gasteiger partial charge in [0.05, 0.1) is 18.2 Å². The summed E-state index contributed by atoms with van der Waals surface area (Å²) in [6.45, 7) is 1.00. The van der Waals surface area contributed by atoms with Crippen molar-refractivity contribution in [2.24, 2.45) is 0 Å². The molecule has 1 aromatic rings. The highest BCUT2D eigenvalue weighted by atomic mass is 35.5. The fourth-order valence-corrected chi connectivity index (χ4v) is 1.48. The van der Waals surface area contributed by atoms with Gasteiger partial charge in [0.25, 0.3) is 0 Å². The van der Waals surface area contributed by atoms with E-state index in [0.717, 1.165) is 0 Å². The molecule has 0 bridgehead atoms. The van der Waals surface area contributed by atoms with Crippen LogP contribution in [0.3, 0.4) is 0 Å². The number of rotatable bonds is 7. The molecule has 0 aromatic heterocycles. The molecular weight excluding hydrogens is 309 g/mol. The van der Waals surface area contributed by atoms with E-state index in [0.29, 0.717) is 28.9 Å². The second-order valence-corrected chi connectivity index (χ2v) is 4.30. The summed E-state index contributed by atoms with van der Waals surface area (Å²) in [6.07, 6.45) is 0. The molecule has 0 saturated carbocycles. The number of ether oxygens (including phenoxy) is 1. The van der Waals surface area contributed by atoms with Crippen LogP contribution in [0.1, 0.15) is 0 Å². The van der Waals surface area contributed by atoms with Gasteiger partial charge in [-0.2, -0.15) is 0 Å². The van der Waals surface area contributed by atoms with E-state index in [1.54, 1.807) is 6.07 Å². The van der Waals surface area contributed by atoms with Gasteiger partial charge in [0.1, 0.15) is 5.75 Å². The van der Waals surface area contributed by atoms with Crippen LogP contribution in [0, 0.1) is 0 Å². The summed E-state index contributed by atoms with van der Waals surface area (Å²) in [5, 5.41) is 28.2. The number of nitrogens with one attached hydrogen (secondary N) is 1. The zero-order valence-corrected chi connectivity index (χ0v) is 12.2. The molecule has 0 amide bonds. The molecule has 0 saturated heterocycles. The molecule has 0 aliphatic heterocycles. The first-order chi connectivity index (χ1) is 9.51. The van der Waals surface area contributed by atoms with Crippen LogP contribution in [-0.4, -0.2) is 54.2 Å². The van der Waals surface area contributed by atoms with Crippen molar-refractivity contribution in [3.63, 3.8) is 0 Å². The van der Waals surface area contributed by atoms with Crippen molar-refractivity contribution >= 4 is 29.2 Å². The molecule has 1 aromatic carbocycles. The first-order valence-corrected chi connectivity index (χ1v) is 6.49. The lowest BCUT2D eigenvalue weighted by atomic mass is 10.3. The van der Waals surface area contributed by atoms with Crippen LogP contribution in [0.2, 0.25) is 10.0 Å². The molecule has 6 nitrogen and oxygen atoms in total. The SMILES string of the molecule is O=C(O)COc1ccc(Cl)cc1Cl.OCCNCCO. The normalized spacial score (nSPS) is 9.60. The molecule has 0 fully saturated rings. The van der Waals surface area contributed by atoms with Gasteiger partial charge in [-0.3, -0.25) is 0 Å². The Labute approximate surface area is 126 Å². The predicted octanol–water partition coefficient (Wildman–Crippen LogP) is 1.02. The van der Waals surface area contributed by atoms with E-state index in [1.807, 2.05) is 0 Å². The highest BCUT2D eigenvalue weighted by molar-refractivity contribution is 6.35. The highest BCUT2D eigenvalue weighted by Crippen LogP contribution is 2.27. The first kappa shape index (κ1) is 18.9. The summed E-state index contributed by atoms with van der Waals surface area (Å²) in [7, 11) is 0. The van der Waals surface area contributed by atoms with Crippen molar-refractivity contribution in [3.8, 4) is 5.75 Å². The summed E-state index contributed by atoms with van der Waals surface area (Å²) in [6, 6.07) is 4.58. The number of carbonyl (C=O) groups is 1. The average Bonchev–Trinajstić information content (AvgIpc) is 2.39. The van der Waals surface area contributed by atoms with Crippen molar-refractivity contribution in [2.45, 2.75) is 0 Å². The molecule has 0 radical (unpaired) electrons. The van der Waals surface area contributed by atoms with Crippen molar-refractivity contribution in [1.82, 2.24) is 5.32 Å². The number of carboxylic acid groups (broad SMARTS) is 1. The van der Waals surface area contributed by atoms with Crippen molar-refractivity contribution in [1.29, 1.82) is 0 Å². The maximum atomic E-state index is 10.2. The van der Waals surface area contributed by atoms with Crippen LogP contribution in [0.5, 0.6) is 5.75 Å². The standard InChI is InChI=1S/C8H6Cl2O3.C4H11NO2/c9-5-1-2-7(6(10)3-5)13-4-8(11)12;6-3-1-5-2-4-7/h1-3H,4H2,(H,11,12);5-7H,1-4H2. The van der Waals surface area contributed by atoms with Gasteiger partial charge in [-0.05, 0) is 18.2 Å². The topological polar surface area (TPSA) is 99.0 Å². The van der Waals surface area contributed by atoms with E-state index in [9.17, 15) is 4.79 Å². The molecule has 0 unspecified atom stereocenters. The maximum absolute atomic E-state index is 10.2. The zero-order chi connectivity index (χ0) is 15.4. The molecule has 0 atom stereocenters. The minimum Gasteiger partial charge on any atom is -0.480 e. The lowest BCUT2D eigenvalue weighted by Gasteiger charge is -2.04. The highest BCUT2D eigenvalue weighted by Gasteiger charge is 2.04. The molecule has 1 rings (SSSR count). The van der Waals surface area contributed by atoms with Crippen LogP contribution in [0.15, 0.2) is 18.2 Å². The van der Waals surface area contributed by atoms with Gasteiger partial charge in [0.2, 0.25) is 0 Å². The lowest BCUT2D eigenvalue weighted by Crippen LogP contribution is -2.21. The van der Waals surface area contributed by atoms with E-state index in [4.69, 9.17) is 43.3 Å². The van der Waals surface area contributed by atoms with Gasteiger partial charge in [0.15, 0.2) is 6.61 Å². The molecule has 8 heteroatoms. The number of aliphatic hydroxyl groups is 2. The number of aliphatic carboxylic acids is 1. The Morgan fingerprint density at radius 1 is 1.20 bits per heavy atom. The number of halogens is 2. The number of benzene rings is 1. The molecule has 20 heavy (non-hydrogen) atoms. The van der Waals surface area contributed by atoms with Gasteiger partial charge in [-0.15, -0.1) is 0 Å². The van der Waals surface area contributed by atoms with Crippen molar-refractivity contribution in [2.75, 3.05) is 32.9 Å². The summed E-state index contributed by atoms with van der Waals surface area (Å²) in [5.41, 5.74) is 0. The Hall–Kier alpha value is -1.05. The molecule has 0 aliphatic rings. The Morgan fingerprint density at radius 2 is 1.80 bits per heavy atom. The zero-order valence-electron chi connectivity index (χ0n) is 10.7. The first-order valence-electron chi connectivity index (χ1n) is 5.73. The summed E-state index contributed by atoms with van der Waals surface area (Å²) >= 11 is 11.3. The molecule has 114 valence electrons. The Morgan fingerprint density at radius 3 is 2.25 bits per heavy atom. The van der Waals surface area contributed by atoms with Crippen molar-refractivity contribution < 1.29 is 24.9 Å². The quantitative estimate of drug-likeness (QED) is 0.559. The van der Waals surface area contributed by atoms with E-state index in [-0.39, 0.29) is 13.2 Å². The third-order valence-corrected chi connectivity index (χ3v) is 2.35. The third kappa shape index (κ3) is 9.82. The molecular formula is C12H17Cl2NO5. The van der Waals surface area contributed by atoms with Gasteiger partial charge in [0, 0.05) is 18.1 Å². The number of carboxylic acids is 1. The number of aliphatic hydroxyl groups excluding tert-OH is 2. The van der Waals surface area contributed by atoms with E-state index < -0.39 is 12.6 Å². The summed E-state index contributed by atoms with van der Waals surface area (Å²) in [4.78, 5) is 10.2. The Bertz CT molecular complexity index is 399. The monoisotopic (exact) mass is 325 g/mol. The smallest absolute Gasteiger partial charge is 0.341 e. The van der Waals surface area contributed by atoms with Crippen LogP contribution in [0.25, 0.3) is 0 Å². The fourth-order valence-electron chi connectivity index (χ4n) is 1.01. The minimum absolute atomic E-state index is 0.139. The van der Waals surface area contributed by atoms with Gasteiger partial charge in [-0.25, -0.2) is 4.79 Å². The van der Waals surface area contributed by atoms with E-state index in [1.165, 1.54) is 12.1 Å². The Kier molecular flexibility index (Phi) is 11.1. The van der Waals surface area contributed by atoms with E-state index >= 15 is 0 Å². The van der Waals surface area contributed by atoms with Crippen LogP contribution in [-0.2, 0) is 4.79 Å². The lowest BCUT2D eigenvalue weighted by molar-refractivity contribution is -0.139. The summed E-state index contributed by atoms with van der Waals surface area (Å²) in [5.74, 6) is -0.737. The predicted molar refractivity (Wildman–Crippen MR) is 76.6 cm³/mol. The molecule has 4 N–H and O–H groups in total. The summed E-state index contributed by atoms with van der Waals surface area (Å²) < 4.78 is 4.86. The molecule has 0 aliphatic carbocycles. The molecule has 0 spiro atoms. The van der Waals surface area contributed by atoms with Crippen molar-refractivity contribution in [3.05, 3.63) is 28.2 Å². The number of hydrogen-bond acceptors (Lipinski definition) is 5. The van der Waals surface area contributed by atoms with Crippen LogP contribution >= 0.6 is 23.2 Å². The maximum Gasteiger partial charge on any atom is 0.341 e. The third-order valence-electron chi connectivity index (χ3n) is 1.82. The number of hydrogen-bond donors (Lipinski definition) is 4. The largest absolute Gasteiger partial charge is 0.480 e. The second kappa shape index (κ2) is 11.7. The second-order valence-electron chi connectivity index (χ2n) is 3.45. The van der Waals surface area contributed by atoms with Gasteiger partial charge < -0.3 is 25.4 Å². The van der Waals surface area contributed by atoms with Gasteiger partial charge in [-0.1, -0.05) is 23.2 Å². The van der Waals surface area contributed by atoms with E-state index in [2.05, 4.69) is 5.32 Å². The van der Waals surface area contributed by atoms with Crippen LogP contribution < -0.4 is 10.1 Å².